The zero-order valence-corrected chi connectivity index (χ0v) is 9.49. The highest BCUT2D eigenvalue weighted by Gasteiger charge is 2.20. The number of hydrogen-bond donors (Lipinski definition) is 2. The van der Waals surface area contributed by atoms with Crippen molar-refractivity contribution in [3.63, 3.8) is 0 Å². The molecule has 84 valence electrons. The van der Waals surface area contributed by atoms with Crippen LogP contribution in [-0.2, 0) is 11.8 Å². The van der Waals surface area contributed by atoms with E-state index in [1.165, 1.54) is 11.8 Å². The number of carbonyl (C=O) groups is 1. The van der Waals surface area contributed by atoms with Gasteiger partial charge in [-0.15, -0.1) is 10.2 Å². The Labute approximate surface area is 91.9 Å². The third-order valence-electron chi connectivity index (χ3n) is 1.94. The Kier molecular flexibility index (Phi) is 3.96. The molecule has 15 heavy (non-hydrogen) atoms. The van der Waals surface area contributed by atoms with Crippen molar-refractivity contribution in [1.82, 2.24) is 14.8 Å². The first kappa shape index (κ1) is 11.8. The Morgan fingerprint density at radius 3 is 2.73 bits per heavy atom. The molecule has 0 saturated carbocycles. The summed E-state index contributed by atoms with van der Waals surface area (Å²) in [5.74, 6) is -0.540. The average molecular weight is 230 g/mol. The molecule has 0 bridgehead atoms. The van der Waals surface area contributed by atoms with E-state index in [0.29, 0.717) is 11.6 Å². The summed E-state index contributed by atoms with van der Waals surface area (Å²) in [6.45, 7) is 1.95. The van der Waals surface area contributed by atoms with Crippen molar-refractivity contribution in [2.75, 3.05) is 5.73 Å². The molecule has 6 nitrogen and oxygen atoms in total. The standard InChI is InChI=1S/C8H14N4O2S/c1-3-4-5(6(13)14)15-8-11-10-7(9)12(8)2/h5H,3-4H2,1-2H3,(H2,9,10)(H,13,14). The van der Waals surface area contributed by atoms with Crippen LogP contribution in [0.15, 0.2) is 5.16 Å². The number of thioether (sulfide) groups is 1. The Bertz CT molecular complexity index is 352. The summed E-state index contributed by atoms with van der Waals surface area (Å²) in [7, 11) is 1.71. The maximum atomic E-state index is 10.9. The van der Waals surface area contributed by atoms with Crippen molar-refractivity contribution in [3.8, 4) is 0 Å². The molecule has 1 rings (SSSR count). The van der Waals surface area contributed by atoms with Gasteiger partial charge in [-0.05, 0) is 6.42 Å². The van der Waals surface area contributed by atoms with Crippen LogP contribution in [0.1, 0.15) is 19.8 Å². The maximum Gasteiger partial charge on any atom is 0.317 e. The van der Waals surface area contributed by atoms with Crippen LogP contribution >= 0.6 is 11.8 Å². The molecule has 0 aliphatic rings. The second-order valence-corrected chi connectivity index (χ2v) is 4.30. The molecule has 1 heterocycles. The first-order chi connectivity index (χ1) is 7.06. The minimum atomic E-state index is -0.830. The minimum absolute atomic E-state index is 0.290. The number of nitrogen functional groups attached to an aromatic ring is 1. The lowest BCUT2D eigenvalue weighted by atomic mass is 10.2. The number of anilines is 1. The van der Waals surface area contributed by atoms with Gasteiger partial charge in [-0.1, -0.05) is 25.1 Å². The second kappa shape index (κ2) is 5.01. The molecular weight excluding hydrogens is 216 g/mol. The molecule has 0 aliphatic heterocycles. The van der Waals surface area contributed by atoms with Crippen LogP contribution in [0.5, 0.6) is 0 Å². The van der Waals surface area contributed by atoms with Crippen molar-refractivity contribution < 1.29 is 9.90 Å². The molecule has 0 aliphatic carbocycles. The molecule has 0 saturated heterocycles. The van der Waals surface area contributed by atoms with Gasteiger partial charge in [-0.3, -0.25) is 9.36 Å². The summed E-state index contributed by atoms with van der Waals surface area (Å²) in [4.78, 5) is 10.9. The first-order valence-corrected chi connectivity index (χ1v) is 5.48. The fraction of sp³-hybridized carbons (Fsp3) is 0.625. The number of nitrogens with zero attached hydrogens (tertiary/aromatic N) is 3. The SMILES string of the molecule is CCCC(Sc1nnc(N)n1C)C(=O)O. The highest BCUT2D eigenvalue weighted by Crippen LogP contribution is 2.25. The fourth-order valence-corrected chi connectivity index (χ4v) is 2.10. The van der Waals surface area contributed by atoms with E-state index in [-0.39, 0.29) is 5.95 Å². The zero-order chi connectivity index (χ0) is 11.4. The van der Waals surface area contributed by atoms with Crippen LogP contribution in [0.3, 0.4) is 0 Å². The van der Waals surface area contributed by atoms with Gasteiger partial charge in [0.2, 0.25) is 5.95 Å². The summed E-state index contributed by atoms with van der Waals surface area (Å²) >= 11 is 1.18. The summed E-state index contributed by atoms with van der Waals surface area (Å²) in [6.07, 6.45) is 1.42. The third-order valence-corrected chi connectivity index (χ3v) is 3.23. The van der Waals surface area contributed by atoms with Crippen LogP contribution in [0.25, 0.3) is 0 Å². The van der Waals surface area contributed by atoms with Crippen molar-refractivity contribution in [1.29, 1.82) is 0 Å². The lowest BCUT2D eigenvalue weighted by Gasteiger charge is -2.09. The smallest absolute Gasteiger partial charge is 0.317 e. The van der Waals surface area contributed by atoms with Gasteiger partial charge in [0.25, 0.3) is 0 Å². The molecule has 0 spiro atoms. The Morgan fingerprint density at radius 2 is 2.33 bits per heavy atom. The van der Waals surface area contributed by atoms with E-state index in [4.69, 9.17) is 10.8 Å². The molecule has 1 atom stereocenters. The normalized spacial score (nSPS) is 12.7. The maximum absolute atomic E-state index is 10.9. The first-order valence-electron chi connectivity index (χ1n) is 4.60. The Morgan fingerprint density at radius 1 is 1.67 bits per heavy atom. The van der Waals surface area contributed by atoms with E-state index in [1.54, 1.807) is 11.6 Å². The van der Waals surface area contributed by atoms with E-state index in [2.05, 4.69) is 10.2 Å². The molecule has 1 unspecified atom stereocenters. The third kappa shape index (κ3) is 2.85. The van der Waals surface area contributed by atoms with Gasteiger partial charge in [0.15, 0.2) is 5.16 Å². The van der Waals surface area contributed by atoms with Crippen LogP contribution in [0, 0.1) is 0 Å². The highest BCUT2D eigenvalue weighted by atomic mass is 32.2. The van der Waals surface area contributed by atoms with Gasteiger partial charge >= 0.3 is 5.97 Å². The van der Waals surface area contributed by atoms with Crippen molar-refractivity contribution in [2.45, 2.75) is 30.2 Å². The fourth-order valence-electron chi connectivity index (χ4n) is 1.05. The molecule has 3 N–H and O–H groups in total. The minimum Gasteiger partial charge on any atom is -0.480 e. The number of carboxylic acid groups (broad SMARTS) is 1. The topological polar surface area (TPSA) is 94.0 Å². The zero-order valence-electron chi connectivity index (χ0n) is 8.67. The largest absolute Gasteiger partial charge is 0.480 e. The summed E-state index contributed by atoms with van der Waals surface area (Å²) in [5.41, 5.74) is 5.50. The number of nitrogens with two attached hydrogens (primary N) is 1. The number of rotatable bonds is 5. The van der Waals surface area contributed by atoms with E-state index in [9.17, 15) is 4.79 Å². The molecule has 0 aromatic carbocycles. The van der Waals surface area contributed by atoms with E-state index in [0.717, 1.165) is 6.42 Å². The average Bonchev–Trinajstić information content (AvgIpc) is 2.48. The van der Waals surface area contributed by atoms with E-state index in [1.807, 2.05) is 6.92 Å². The number of carboxylic acids is 1. The number of hydrogen-bond acceptors (Lipinski definition) is 5. The molecule has 0 radical (unpaired) electrons. The molecule has 7 heteroatoms. The Balaban J connectivity index is 2.74. The van der Waals surface area contributed by atoms with Gasteiger partial charge < -0.3 is 10.8 Å². The predicted molar refractivity (Wildman–Crippen MR) is 57.6 cm³/mol. The van der Waals surface area contributed by atoms with Gasteiger partial charge in [0.05, 0.1) is 0 Å². The van der Waals surface area contributed by atoms with E-state index < -0.39 is 11.2 Å². The molecule has 1 aromatic heterocycles. The van der Waals surface area contributed by atoms with E-state index >= 15 is 0 Å². The van der Waals surface area contributed by atoms with Crippen LogP contribution < -0.4 is 5.73 Å². The quantitative estimate of drug-likeness (QED) is 0.725. The highest BCUT2D eigenvalue weighted by molar-refractivity contribution is 8.00. The van der Waals surface area contributed by atoms with Crippen LogP contribution in [0.2, 0.25) is 0 Å². The molecular formula is C8H14N4O2S. The van der Waals surface area contributed by atoms with Gasteiger partial charge in [-0.25, -0.2) is 0 Å². The number of aromatic nitrogens is 3. The van der Waals surface area contributed by atoms with Crippen molar-refractivity contribution >= 4 is 23.7 Å². The van der Waals surface area contributed by atoms with Gasteiger partial charge in [0.1, 0.15) is 5.25 Å². The van der Waals surface area contributed by atoms with Gasteiger partial charge in [-0.2, -0.15) is 0 Å². The molecule has 0 fully saturated rings. The van der Waals surface area contributed by atoms with Crippen LogP contribution in [0.4, 0.5) is 5.95 Å². The van der Waals surface area contributed by atoms with Crippen molar-refractivity contribution in [2.24, 2.45) is 7.05 Å². The lowest BCUT2D eigenvalue weighted by molar-refractivity contribution is -0.136. The Hall–Kier alpha value is -1.24. The monoisotopic (exact) mass is 230 g/mol. The van der Waals surface area contributed by atoms with Crippen molar-refractivity contribution in [3.05, 3.63) is 0 Å². The second-order valence-electron chi connectivity index (χ2n) is 3.13. The van der Waals surface area contributed by atoms with Crippen LogP contribution in [-0.4, -0.2) is 31.1 Å². The summed E-state index contributed by atoms with van der Waals surface area (Å²) in [6, 6.07) is 0. The summed E-state index contributed by atoms with van der Waals surface area (Å²) < 4.78 is 1.58. The lowest BCUT2D eigenvalue weighted by Crippen LogP contribution is -2.16. The van der Waals surface area contributed by atoms with Gasteiger partial charge in [0, 0.05) is 7.05 Å². The number of aliphatic carboxylic acids is 1. The molecule has 1 aromatic rings. The summed E-state index contributed by atoms with van der Waals surface area (Å²) in [5, 5.41) is 16.5. The predicted octanol–water partition coefficient (Wildman–Crippen LogP) is 0.743. The molecule has 0 amide bonds.